The molecule has 18 heavy (non-hydrogen) atoms. The van der Waals surface area contributed by atoms with Crippen LogP contribution in [0.3, 0.4) is 0 Å². The van der Waals surface area contributed by atoms with Crippen molar-refractivity contribution >= 4 is 0 Å². The van der Waals surface area contributed by atoms with E-state index < -0.39 is 0 Å². The molecule has 0 bridgehead atoms. The third-order valence-corrected chi connectivity index (χ3v) is 3.77. The summed E-state index contributed by atoms with van der Waals surface area (Å²) in [4.78, 5) is 2.47. The van der Waals surface area contributed by atoms with Crippen LogP contribution in [0, 0.1) is 0 Å². The molecule has 1 unspecified atom stereocenters. The maximum atomic E-state index is 5.79. The number of hydrazine groups is 2. The van der Waals surface area contributed by atoms with Crippen molar-refractivity contribution < 1.29 is 4.74 Å². The van der Waals surface area contributed by atoms with Crippen molar-refractivity contribution in [1.82, 2.24) is 20.9 Å². The lowest BCUT2D eigenvalue weighted by atomic mass is 9.98. The zero-order valence-corrected chi connectivity index (χ0v) is 11.9. The fourth-order valence-electron chi connectivity index (χ4n) is 2.79. The van der Waals surface area contributed by atoms with Crippen molar-refractivity contribution in [2.45, 2.75) is 51.4 Å². The van der Waals surface area contributed by atoms with Crippen molar-refractivity contribution in [1.29, 1.82) is 0 Å². The SMILES string of the molecule is C[C@@H]1CC(N(C)CCC2=CNN(C)N2)C[C@H](C)O1. The maximum absolute atomic E-state index is 5.79. The van der Waals surface area contributed by atoms with Crippen LogP contribution in [-0.2, 0) is 4.74 Å². The Labute approximate surface area is 110 Å². The highest BCUT2D eigenvalue weighted by atomic mass is 16.5. The molecule has 2 aliphatic rings. The first-order chi connectivity index (χ1) is 8.54. The van der Waals surface area contributed by atoms with Gasteiger partial charge in [0.05, 0.1) is 12.2 Å². The topological polar surface area (TPSA) is 39.8 Å². The molecule has 5 heteroatoms. The predicted molar refractivity (Wildman–Crippen MR) is 72.4 cm³/mol. The molecule has 0 saturated carbocycles. The fraction of sp³-hybridized carbons (Fsp3) is 0.846. The lowest BCUT2D eigenvalue weighted by Crippen LogP contribution is -2.43. The molecule has 0 aromatic rings. The molecule has 0 amide bonds. The van der Waals surface area contributed by atoms with Crippen LogP contribution in [0.5, 0.6) is 0 Å². The molecule has 104 valence electrons. The van der Waals surface area contributed by atoms with Gasteiger partial charge in [0.25, 0.3) is 0 Å². The molecular formula is C13H26N4O. The largest absolute Gasteiger partial charge is 0.375 e. The van der Waals surface area contributed by atoms with Crippen LogP contribution in [-0.4, -0.2) is 48.9 Å². The standard InChI is InChI=1S/C13H26N4O/c1-10-7-13(8-11(2)18-10)16(3)6-5-12-9-14-17(4)15-12/h9-11,13-15H,5-8H2,1-4H3/t10-,11+,13?. The van der Waals surface area contributed by atoms with Crippen LogP contribution in [0.25, 0.3) is 0 Å². The van der Waals surface area contributed by atoms with Gasteiger partial charge in [-0.25, -0.2) is 0 Å². The summed E-state index contributed by atoms with van der Waals surface area (Å²) in [5.41, 5.74) is 7.62. The summed E-state index contributed by atoms with van der Waals surface area (Å²) >= 11 is 0. The van der Waals surface area contributed by atoms with Crippen LogP contribution < -0.4 is 10.9 Å². The summed E-state index contributed by atoms with van der Waals surface area (Å²) in [5.74, 6) is 0. The van der Waals surface area contributed by atoms with Crippen LogP contribution >= 0.6 is 0 Å². The first-order valence-electron chi connectivity index (χ1n) is 6.86. The normalized spacial score (nSPS) is 33.2. The van der Waals surface area contributed by atoms with Crippen LogP contribution in [0.4, 0.5) is 0 Å². The number of hydrogen-bond donors (Lipinski definition) is 2. The molecule has 0 spiro atoms. The Hall–Kier alpha value is -0.780. The van der Waals surface area contributed by atoms with E-state index in [9.17, 15) is 0 Å². The Balaban J connectivity index is 1.75. The summed E-state index contributed by atoms with van der Waals surface area (Å²) in [6.07, 6.45) is 6.14. The first kappa shape index (κ1) is 13.6. The Morgan fingerprint density at radius 2 is 2.06 bits per heavy atom. The van der Waals surface area contributed by atoms with E-state index in [0.29, 0.717) is 18.2 Å². The average molecular weight is 254 g/mol. The van der Waals surface area contributed by atoms with E-state index >= 15 is 0 Å². The third kappa shape index (κ3) is 3.60. The van der Waals surface area contributed by atoms with Crippen molar-refractivity contribution in [3.63, 3.8) is 0 Å². The van der Waals surface area contributed by atoms with Gasteiger partial charge in [0, 0.05) is 38.0 Å². The molecule has 0 aliphatic carbocycles. The zero-order valence-electron chi connectivity index (χ0n) is 11.9. The number of rotatable bonds is 4. The Morgan fingerprint density at radius 3 is 2.61 bits per heavy atom. The minimum atomic E-state index is 0.387. The Kier molecular flexibility index (Phi) is 4.48. The predicted octanol–water partition coefficient (Wildman–Crippen LogP) is 1.06. The molecule has 2 N–H and O–H groups in total. The molecule has 2 rings (SSSR count). The zero-order chi connectivity index (χ0) is 13.1. The van der Waals surface area contributed by atoms with Gasteiger partial charge in [-0.2, -0.15) is 0 Å². The van der Waals surface area contributed by atoms with E-state index in [2.05, 4.69) is 36.6 Å². The van der Waals surface area contributed by atoms with Crippen LogP contribution in [0.2, 0.25) is 0 Å². The molecule has 0 aromatic carbocycles. The van der Waals surface area contributed by atoms with Gasteiger partial charge in [0.2, 0.25) is 0 Å². The van der Waals surface area contributed by atoms with Crippen LogP contribution in [0.15, 0.2) is 11.9 Å². The van der Waals surface area contributed by atoms with Gasteiger partial charge < -0.3 is 20.5 Å². The second-order valence-electron chi connectivity index (χ2n) is 5.58. The molecule has 1 fully saturated rings. The lowest BCUT2D eigenvalue weighted by Gasteiger charge is -2.37. The van der Waals surface area contributed by atoms with E-state index in [4.69, 9.17) is 4.74 Å². The number of ether oxygens (including phenoxy) is 1. The highest BCUT2D eigenvalue weighted by Gasteiger charge is 2.27. The van der Waals surface area contributed by atoms with Crippen molar-refractivity contribution in [2.24, 2.45) is 0 Å². The molecule has 0 radical (unpaired) electrons. The van der Waals surface area contributed by atoms with Gasteiger partial charge in [0.15, 0.2) is 0 Å². The summed E-state index contributed by atoms with van der Waals surface area (Å²) in [6.45, 7) is 5.44. The summed E-state index contributed by atoms with van der Waals surface area (Å²) in [5, 5.41) is 1.87. The molecular weight excluding hydrogens is 228 g/mol. The Bertz CT molecular complexity index is 297. The van der Waals surface area contributed by atoms with Gasteiger partial charge in [-0.1, -0.05) is 0 Å². The highest BCUT2D eigenvalue weighted by molar-refractivity contribution is 5.01. The van der Waals surface area contributed by atoms with Crippen molar-refractivity contribution in [2.75, 3.05) is 20.6 Å². The molecule has 2 heterocycles. The van der Waals surface area contributed by atoms with E-state index in [-0.39, 0.29) is 0 Å². The minimum Gasteiger partial charge on any atom is -0.375 e. The van der Waals surface area contributed by atoms with E-state index in [0.717, 1.165) is 25.8 Å². The van der Waals surface area contributed by atoms with Gasteiger partial charge >= 0.3 is 0 Å². The van der Waals surface area contributed by atoms with Crippen molar-refractivity contribution in [3.05, 3.63) is 11.9 Å². The Morgan fingerprint density at radius 1 is 1.39 bits per heavy atom. The lowest BCUT2D eigenvalue weighted by molar-refractivity contribution is -0.0611. The number of hydrogen-bond acceptors (Lipinski definition) is 5. The van der Waals surface area contributed by atoms with Gasteiger partial charge in [-0.05, 0) is 33.7 Å². The first-order valence-corrected chi connectivity index (χ1v) is 6.86. The minimum absolute atomic E-state index is 0.387. The van der Waals surface area contributed by atoms with Crippen molar-refractivity contribution in [3.8, 4) is 0 Å². The second-order valence-corrected chi connectivity index (χ2v) is 5.58. The highest BCUT2D eigenvalue weighted by Crippen LogP contribution is 2.23. The van der Waals surface area contributed by atoms with E-state index in [1.54, 1.807) is 0 Å². The van der Waals surface area contributed by atoms with E-state index in [1.165, 1.54) is 5.70 Å². The smallest absolute Gasteiger partial charge is 0.0565 e. The summed E-state index contributed by atoms with van der Waals surface area (Å²) in [7, 11) is 4.19. The van der Waals surface area contributed by atoms with Gasteiger partial charge in [-0.15, -0.1) is 5.12 Å². The molecule has 3 atom stereocenters. The summed E-state index contributed by atoms with van der Waals surface area (Å²) in [6, 6.07) is 0.649. The van der Waals surface area contributed by atoms with Crippen LogP contribution in [0.1, 0.15) is 33.1 Å². The number of nitrogens with zero attached hydrogens (tertiary/aromatic N) is 2. The monoisotopic (exact) mass is 254 g/mol. The molecule has 5 nitrogen and oxygen atoms in total. The second kappa shape index (κ2) is 5.91. The van der Waals surface area contributed by atoms with Gasteiger partial charge in [-0.3, -0.25) is 0 Å². The summed E-state index contributed by atoms with van der Waals surface area (Å²) < 4.78 is 5.79. The molecule has 0 aromatic heterocycles. The molecule has 1 saturated heterocycles. The third-order valence-electron chi connectivity index (χ3n) is 3.77. The quantitative estimate of drug-likeness (QED) is 0.785. The van der Waals surface area contributed by atoms with E-state index in [1.807, 2.05) is 18.4 Å². The number of nitrogens with one attached hydrogen (secondary N) is 2. The fourth-order valence-corrected chi connectivity index (χ4v) is 2.79. The average Bonchev–Trinajstić information content (AvgIpc) is 2.70. The van der Waals surface area contributed by atoms with Gasteiger partial charge in [0.1, 0.15) is 0 Å². The maximum Gasteiger partial charge on any atom is 0.0565 e. The molecule has 2 aliphatic heterocycles.